The second kappa shape index (κ2) is 5.43. The van der Waals surface area contributed by atoms with E-state index >= 15 is 0 Å². The van der Waals surface area contributed by atoms with E-state index in [9.17, 15) is 4.79 Å². The second-order valence-corrected chi connectivity index (χ2v) is 5.74. The minimum Gasteiger partial charge on any atom is -0.346 e. The molecule has 20 heavy (non-hydrogen) atoms. The van der Waals surface area contributed by atoms with Gasteiger partial charge in [-0.2, -0.15) is 0 Å². The largest absolute Gasteiger partial charge is 0.346 e. The van der Waals surface area contributed by atoms with Gasteiger partial charge in [0.15, 0.2) is 0 Å². The normalized spacial score (nSPS) is 10.7. The van der Waals surface area contributed by atoms with E-state index in [-0.39, 0.29) is 5.91 Å². The highest BCUT2D eigenvalue weighted by atomic mass is 32.1. The average molecular weight is 282 g/mol. The third-order valence-corrected chi connectivity index (χ3v) is 4.09. The molecule has 0 radical (unpaired) electrons. The molecule has 3 aromatic rings. The Balaban J connectivity index is 1.69. The summed E-state index contributed by atoms with van der Waals surface area (Å²) in [5.41, 5.74) is 2.81. The first kappa shape index (κ1) is 12.8. The number of hydrogen-bond acceptors (Lipinski definition) is 3. The van der Waals surface area contributed by atoms with Crippen molar-refractivity contribution >= 4 is 27.5 Å². The molecular weight excluding hydrogens is 268 g/mol. The Morgan fingerprint density at radius 3 is 2.65 bits per heavy atom. The number of fused-ring (bicyclic) bond motifs is 1. The van der Waals surface area contributed by atoms with Gasteiger partial charge in [-0.3, -0.25) is 4.79 Å². The number of hydrogen-bond donors (Lipinski definition) is 1. The lowest BCUT2D eigenvalue weighted by molar-refractivity contribution is 0.0951. The number of carbonyl (C=O) groups excluding carboxylic acids is 1. The van der Waals surface area contributed by atoms with Crippen molar-refractivity contribution in [2.45, 2.75) is 13.5 Å². The van der Waals surface area contributed by atoms with E-state index in [0.29, 0.717) is 12.1 Å². The van der Waals surface area contributed by atoms with Crippen LogP contribution in [0.3, 0.4) is 0 Å². The molecule has 1 aromatic heterocycles. The van der Waals surface area contributed by atoms with E-state index in [0.717, 1.165) is 20.8 Å². The molecule has 1 N–H and O–H groups in total. The van der Waals surface area contributed by atoms with Crippen LogP contribution in [0.15, 0.2) is 48.5 Å². The maximum atomic E-state index is 12.0. The molecule has 0 spiro atoms. The molecule has 1 amide bonds. The van der Waals surface area contributed by atoms with Gasteiger partial charge in [-0.25, -0.2) is 4.98 Å². The number of aryl methyl sites for hydroxylation is 1. The zero-order valence-corrected chi connectivity index (χ0v) is 11.9. The lowest BCUT2D eigenvalue weighted by atomic mass is 10.1. The summed E-state index contributed by atoms with van der Waals surface area (Å²) in [4.78, 5) is 16.5. The van der Waals surface area contributed by atoms with Gasteiger partial charge in [0.05, 0.1) is 16.8 Å². The highest BCUT2D eigenvalue weighted by Crippen LogP contribution is 2.21. The number of thiazole rings is 1. The number of para-hydroxylation sites is 1. The lowest BCUT2D eigenvalue weighted by Gasteiger charge is -2.03. The quantitative estimate of drug-likeness (QED) is 0.798. The van der Waals surface area contributed by atoms with E-state index in [1.165, 1.54) is 0 Å². The second-order valence-electron chi connectivity index (χ2n) is 4.62. The molecule has 0 aliphatic rings. The number of carbonyl (C=O) groups is 1. The highest BCUT2D eigenvalue weighted by Gasteiger charge is 2.07. The van der Waals surface area contributed by atoms with Crippen LogP contribution in [0.2, 0.25) is 0 Å². The number of amides is 1. The fourth-order valence-corrected chi connectivity index (χ4v) is 2.87. The smallest absolute Gasteiger partial charge is 0.251 e. The minimum absolute atomic E-state index is 0.0655. The number of aromatic nitrogens is 1. The van der Waals surface area contributed by atoms with Crippen molar-refractivity contribution in [3.63, 3.8) is 0 Å². The molecule has 0 saturated carbocycles. The standard InChI is InChI=1S/C16H14N2OS/c1-11-6-8-12(9-7-11)16(19)17-10-15-18-13-4-2-3-5-14(13)20-15/h2-9H,10H2,1H3,(H,17,19). The molecule has 3 nitrogen and oxygen atoms in total. The molecule has 4 heteroatoms. The van der Waals surface area contributed by atoms with Crippen LogP contribution in [0.1, 0.15) is 20.9 Å². The maximum absolute atomic E-state index is 12.0. The predicted octanol–water partition coefficient (Wildman–Crippen LogP) is 3.53. The molecule has 0 saturated heterocycles. The summed E-state index contributed by atoms with van der Waals surface area (Å²) in [5, 5.41) is 3.83. The predicted molar refractivity (Wildman–Crippen MR) is 82.0 cm³/mol. The van der Waals surface area contributed by atoms with E-state index < -0.39 is 0 Å². The molecule has 1 heterocycles. The summed E-state index contributed by atoms with van der Waals surface area (Å²) in [7, 11) is 0. The fourth-order valence-electron chi connectivity index (χ4n) is 1.96. The van der Waals surface area contributed by atoms with Crippen LogP contribution < -0.4 is 5.32 Å². The van der Waals surface area contributed by atoms with Gasteiger partial charge in [0, 0.05) is 5.56 Å². The van der Waals surface area contributed by atoms with Gasteiger partial charge in [-0.15, -0.1) is 11.3 Å². The molecule has 0 aliphatic carbocycles. The first-order chi connectivity index (χ1) is 9.72. The summed E-state index contributed by atoms with van der Waals surface area (Å²) in [6.45, 7) is 2.47. The summed E-state index contributed by atoms with van der Waals surface area (Å²) in [6.07, 6.45) is 0. The van der Waals surface area contributed by atoms with Gasteiger partial charge < -0.3 is 5.32 Å². The van der Waals surface area contributed by atoms with E-state index in [1.54, 1.807) is 11.3 Å². The van der Waals surface area contributed by atoms with Gasteiger partial charge in [-0.05, 0) is 31.2 Å². The number of nitrogens with one attached hydrogen (secondary N) is 1. The van der Waals surface area contributed by atoms with Crippen molar-refractivity contribution < 1.29 is 4.79 Å². The monoisotopic (exact) mass is 282 g/mol. The summed E-state index contributed by atoms with van der Waals surface area (Å²) >= 11 is 1.61. The van der Waals surface area contributed by atoms with Gasteiger partial charge >= 0.3 is 0 Å². The van der Waals surface area contributed by atoms with Crippen molar-refractivity contribution in [3.8, 4) is 0 Å². The Kier molecular flexibility index (Phi) is 3.48. The van der Waals surface area contributed by atoms with Crippen molar-refractivity contribution in [1.82, 2.24) is 10.3 Å². The van der Waals surface area contributed by atoms with Gasteiger partial charge in [-0.1, -0.05) is 29.8 Å². The minimum atomic E-state index is -0.0655. The molecule has 0 fully saturated rings. The number of nitrogens with zero attached hydrogens (tertiary/aromatic N) is 1. The fraction of sp³-hybridized carbons (Fsp3) is 0.125. The van der Waals surface area contributed by atoms with Crippen LogP contribution in [0.25, 0.3) is 10.2 Å². The molecule has 0 bridgehead atoms. The topological polar surface area (TPSA) is 42.0 Å². The molecule has 0 aliphatic heterocycles. The van der Waals surface area contributed by atoms with Gasteiger partial charge in [0.25, 0.3) is 5.91 Å². The third-order valence-electron chi connectivity index (χ3n) is 3.05. The Morgan fingerprint density at radius 1 is 1.15 bits per heavy atom. The molecule has 2 aromatic carbocycles. The molecule has 0 unspecified atom stereocenters. The molecule has 100 valence electrons. The number of rotatable bonds is 3. The van der Waals surface area contributed by atoms with Crippen molar-refractivity contribution in [1.29, 1.82) is 0 Å². The van der Waals surface area contributed by atoms with Crippen molar-refractivity contribution in [2.24, 2.45) is 0 Å². The van der Waals surface area contributed by atoms with E-state index in [2.05, 4.69) is 10.3 Å². The summed E-state index contributed by atoms with van der Waals surface area (Å²) in [6, 6.07) is 15.5. The Hall–Kier alpha value is -2.20. The first-order valence-corrected chi connectivity index (χ1v) is 7.23. The van der Waals surface area contributed by atoms with Crippen LogP contribution in [0.5, 0.6) is 0 Å². The zero-order chi connectivity index (χ0) is 13.9. The average Bonchev–Trinajstić information content (AvgIpc) is 2.88. The van der Waals surface area contributed by atoms with Crippen LogP contribution in [-0.2, 0) is 6.54 Å². The Morgan fingerprint density at radius 2 is 1.90 bits per heavy atom. The number of benzene rings is 2. The molecular formula is C16H14N2OS. The van der Waals surface area contributed by atoms with Crippen molar-refractivity contribution in [2.75, 3.05) is 0 Å². The lowest BCUT2D eigenvalue weighted by Crippen LogP contribution is -2.22. The van der Waals surface area contributed by atoms with Crippen LogP contribution >= 0.6 is 11.3 Å². The summed E-state index contributed by atoms with van der Waals surface area (Å²) < 4.78 is 1.15. The molecule has 0 atom stereocenters. The highest BCUT2D eigenvalue weighted by molar-refractivity contribution is 7.18. The maximum Gasteiger partial charge on any atom is 0.251 e. The SMILES string of the molecule is Cc1ccc(C(=O)NCc2nc3ccccc3s2)cc1. The van der Waals surface area contributed by atoms with E-state index in [4.69, 9.17) is 0 Å². The Labute approximate surface area is 121 Å². The van der Waals surface area contributed by atoms with Crippen LogP contribution in [-0.4, -0.2) is 10.9 Å². The summed E-state index contributed by atoms with van der Waals surface area (Å²) in [5.74, 6) is -0.0655. The van der Waals surface area contributed by atoms with E-state index in [1.807, 2.05) is 55.5 Å². The first-order valence-electron chi connectivity index (χ1n) is 6.42. The third kappa shape index (κ3) is 2.70. The van der Waals surface area contributed by atoms with Crippen molar-refractivity contribution in [3.05, 3.63) is 64.7 Å². The van der Waals surface area contributed by atoms with Crippen LogP contribution in [0, 0.1) is 6.92 Å². The van der Waals surface area contributed by atoms with Gasteiger partial charge in [0.1, 0.15) is 5.01 Å². The van der Waals surface area contributed by atoms with Gasteiger partial charge in [0.2, 0.25) is 0 Å². The zero-order valence-electron chi connectivity index (χ0n) is 11.1. The molecule has 3 rings (SSSR count). The van der Waals surface area contributed by atoms with Crippen LogP contribution in [0.4, 0.5) is 0 Å². The Bertz CT molecular complexity index is 714.